The van der Waals surface area contributed by atoms with Crippen molar-refractivity contribution in [2.75, 3.05) is 0 Å². The molecule has 1 nitrogen and oxygen atoms in total. The van der Waals surface area contributed by atoms with Crippen LogP contribution in [0.5, 0.6) is 0 Å². The summed E-state index contributed by atoms with van der Waals surface area (Å²) in [6, 6.07) is 1.33. The first kappa shape index (κ1) is 14.0. The maximum absolute atomic E-state index is 3.66. The molecule has 0 amide bonds. The minimum Gasteiger partial charge on any atom is -0.312 e. The molecule has 1 N–H and O–H groups in total. The molecule has 0 aliphatic heterocycles. The first-order chi connectivity index (χ1) is 6.57. The Morgan fingerprint density at radius 3 is 2.07 bits per heavy atom. The lowest BCUT2D eigenvalue weighted by Gasteiger charge is -2.22. The molecule has 14 heavy (non-hydrogen) atoms. The van der Waals surface area contributed by atoms with Crippen LogP contribution in [0.2, 0.25) is 0 Å². The van der Waals surface area contributed by atoms with E-state index in [1.807, 2.05) is 0 Å². The molecule has 0 aromatic heterocycles. The maximum Gasteiger partial charge on any atom is 0.00642 e. The van der Waals surface area contributed by atoms with Gasteiger partial charge in [0, 0.05) is 12.1 Å². The Kier molecular flexibility index (Phi) is 8.26. The van der Waals surface area contributed by atoms with Gasteiger partial charge >= 0.3 is 0 Å². The van der Waals surface area contributed by atoms with E-state index in [-0.39, 0.29) is 0 Å². The number of hydrogen-bond donors (Lipinski definition) is 1. The van der Waals surface area contributed by atoms with Gasteiger partial charge < -0.3 is 5.32 Å². The number of hydrogen-bond acceptors (Lipinski definition) is 1. The third kappa shape index (κ3) is 7.37. The molecule has 0 fully saturated rings. The van der Waals surface area contributed by atoms with Gasteiger partial charge in [-0.3, -0.25) is 0 Å². The minimum absolute atomic E-state index is 0.649. The van der Waals surface area contributed by atoms with Crippen LogP contribution < -0.4 is 5.32 Å². The summed E-state index contributed by atoms with van der Waals surface area (Å²) in [5.74, 6) is 0.744. The highest BCUT2D eigenvalue weighted by Crippen LogP contribution is 2.08. The van der Waals surface area contributed by atoms with E-state index < -0.39 is 0 Å². The van der Waals surface area contributed by atoms with E-state index in [9.17, 15) is 0 Å². The van der Waals surface area contributed by atoms with Crippen molar-refractivity contribution in [2.24, 2.45) is 5.92 Å². The SMILES string of the molecule is CCCCCCC(C)NC(C)C(C)C. The van der Waals surface area contributed by atoms with E-state index >= 15 is 0 Å². The third-order valence-electron chi connectivity index (χ3n) is 3.04. The second kappa shape index (κ2) is 8.28. The van der Waals surface area contributed by atoms with Gasteiger partial charge in [0.05, 0.1) is 0 Å². The molecule has 2 unspecified atom stereocenters. The van der Waals surface area contributed by atoms with Crippen LogP contribution >= 0.6 is 0 Å². The lowest BCUT2D eigenvalue weighted by Crippen LogP contribution is -2.37. The van der Waals surface area contributed by atoms with Gasteiger partial charge in [-0.2, -0.15) is 0 Å². The Labute approximate surface area is 90.7 Å². The van der Waals surface area contributed by atoms with Gasteiger partial charge in [-0.05, 0) is 26.2 Å². The zero-order valence-corrected chi connectivity index (χ0v) is 10.8. The van der Waals surface area contributed by atoms with Crippen LogP contribution in [0.15, 0.2) is 0 Å². The van der Waals surface area contributed by atoms with Crippen molar-refractivity contribution in [3.05, 3.63) is 0 Å². The Hall–Kier alpha value is -0.0400. The van der Waals surface area contributed by atoms with Crippen LogP contribution in [0.25, 0.3) is 0 Å². The van der Waals surface area contributed by atoms with Crippen molar-refractivity contribution in [1.29, 1.82) is 0 Å². The Morgan fingerprint density at radius 2 is 1.57 bits per heavy atom. The molecule has 0 aliphatic carbocycles. The van der Waals surface area contributed by atoms with Crippen LogP contribution in [-0.4, -0.2) is 12.1 Å². The zero-order chi connectivity index (χ0) is 11.0. The number of rotatable bonds is 8. The Morgan fingerprint density at radius 1 is 0.929 bits per heavy atom. The summed E-state index contributed by atoms with van der Waals surface area (Å²) in [7, 11) is 0. The van der Waals surface area contributed by atoms with Crippen molar-refractivity contribution in [3.63, 3.8) is 0 Å². The van der Waals surface area contributed by atoms with Crippen molar-refractivity contribution < 1.29 is 0 Å². The molecule has 0 radical (unpaired) electrons. The van der Waals surface area contributed by atoms with Gasteiger partial charge in [0.2, 0.25) is 0 Å². The molecular weight excluding hydrogens is 170 g/mol. The van der Waals surface area contributed by atoms with E-state index in [4.69, 9.17) is 0 Å². The fourth-order valence-electron chi connectivity index (χ4n) is 1.60. The average molecular weight is 199 g/mol. The second-order valence-corrected chi connectivity index (χ2v) is 4.95. The second-order valence-electron chi connectivity index (χ2n) is 4.95. The molecule has 2 atom stereocenters. The average Bonchev–Trinajstić information content (AvgIpc) is 2.12. The van der Waals surface area contributed by atoms with Crippen LogP contribution in [0.4, 0.5) is 0 Å². The van der Waals surface area contributed by atoms with Crippen molar-refractivity contribution >= 4 is 0 Å². The largest absolute Gasteiger partial charge is 0.312 e. The molecule has 0 aliphatic rings. The van der Waals surface area contributed by atoms with Gasteiger partial charge in [0.25, 0.3) is 0 Å². The first-order valence-corrected chi connectivity index (χ1v) is 6.34. The molecular formula is C13H29N. The fourth-order valence-corrected chi connectivity index (χ4v) is 1.60. The maximum atomic E-state index is 3.66. The highest BCUT2D eigenvalue weighted by Gasteiger charge is 2.09. The smallest absolute Gasteiger partial charge is 0.00642 e. The van der Waals surface area contributed by atoms with Gasteiger partial charge in [-0.15, -0.1) is 0 Å². The predicted octanol–water partition coefficient (Wildman–Crippen LogP) is 3.98. The number of nitrogens with one attached hydrogen (secondary N) is 1. The lowest BCUT2D eigenvalue weighted by atomic mass is 10.0. The highest BCUT2D eigenvalue weighted by molar-refractivity contribution is 4.69. The normalized spacial score (nSPS) is 15.9. The van der Waals surface area contributed by atoms with E-state index in [1.54, 1.807) is 0 Å². The summed E-state index contributed by atoms with van der Waals surface area (Å²) in [6.45, 7) is 11.4. The molecule has 0 rings (SSSR count). The molecule has 0 bridgehead atoms. The molecule has 0 aromatic rings. The summed E-state index contributed by atoms with van der Waals surface area (Å²) in [5, 5.41) is 3.66. The Balaban J connectivity index is 3.40. The van der Waals surface area contributed by atoms with Crippen LogP contribution in [0, 0.1) is 5.92 Å². The fraction of sp³-hybridized carbons (Fsp3) is 1.00. The van der Waals surface area contributed by atoms with Crippen molar-refractivity contribution in [1.82, 2.24) is 5.32 Å². The van der Waals surface area contributed by atoms with Gasteiger partial charge in [0.15, 0.2) is 0 Å². The molecule has 86 valence electrons. The third-order valence-corrected chi connectivity index (χ3v) is 3.04. The molecule has 1 heteroatoms. The monoisotopic (exact) mass is 199 g/mol. The number of unbranched alkanes of at least 4 members (excludes halogenated alkanes) is 3. The van der Waals surface area contributed by atoms with Crippen molar-refractivity contribution in [3.8, 4) is 0 Å². The highest BCUT2D eigenvalue weighted by atomic mass is 14.9. The predicted molar refractivity (Wildman–Crippen MR) is 65.7 cm³/mol. The van der Waals surface area contributed by atoms with Gasteiger partial charge in [0.1, 0.15) is 0 Å². The molecule has 0 heterocycles. The Bertz CT molecular complexity index is 120. The molecule has 0 spiro atoms. The van der Waals surface area contributed by atoms with Crippen LogP contribution in [0.3, 0.4) is 0 Å². The summed E-state index contributed by atoms with van der Waals surface area (Å²) < 4.78 is 0. The van der Waals surface area contributed by atoms with Crippen molar-refractivity contribution in [2.45, 2.75) is 78.8 Å². The van der Waals surface area contributed by atoms with E-state index in [2.05, 4.69) is 39.9 Å². The van der Waals surface area contributed by atoms with Gasteiger partial charge in [-0.25, -0.2) is 0 Å². The summed E-state index contributed by atoms with van der Waals surface area (Å²) >= 11 is 0. The molecule has 0 aromatic carbocycles. The summed E-state index contributed by atoms with van der Waals surface area (Å²) in [5.41, 5.74) is 0. The van der Waals surface area contributed by atoms with Gasteiger partial charge in [-0.1, -0.05) is 46.5 Å². The van der Waals surface area contributed by atoms with E-state index in [0.717, 1.165) is 5.92 Å². The molecule has 0 saturated carbocycles. The van der Waals surface area contributed by atoms with E-state index in [0.29, 0.717) is 12.1 Å². The van der Waals surface area contributed by atoms with Crippen LogP contribution in [-0.2, 0) is 0 Å². The molecule has 0 saturated heterocycles. The first-order valence-electron chi connectivity index (χ1n) is 6.34. The lowest BCUT2D eigenvalue weighted by molar-refractivity contribution is 0.366. The quantitative estimate of drug-likeness (QED) is 0.583. The summed E-state index contributed by atoms with van der Waals surface area (Å²) in [6.07, 6.45) is 6.85. The topological polar surface area (TPSA) is 12.0 Å². The minimum atomic E-state index is 0.649. The summed E-state index contributed by atoms with van der Waals surface area (Å²) in [4.78, 5) is 0. The van der Waals surface area contributed by atoms with E-state index in [1.165, 1.54) is 32.1 Å². The zero-order valence-electron chi connectivity index (χ0n) is 10.8. The van der Waals surface area contributed by atoms with Crippen LogP contribution in [0.1, 0.15) is 66.7 Å². The standard InChI is InChI=1S/C13H29N/c1-6-7-8-9-10-12(4)14-13(5)11(2)3/h11-14H,6-10H2,1-5H3.